The van der Waals surface area contributed by atoms with Crippen LogP contribution in [0, 0.1) is 6.92 Å². The maximum Gasteiger partial charge on any atom is 0.0934 e. The Labute approximate surface area is 123 Å². The summed E-state index contributed by atoms with van der Waals surface area (Å²) in [4.78, 5) is 4.56. The fourth-order valence-corrected chi connectivity index (χ4v) is 3.27. The molecule has 0 saturated carbocycles. The van der Waals surface area contributed by atoms with Crippen molar-refractivity contribution in [3.63, 3.8) is 0 Å². The molecule has 2 rings (SSSR count). The first-order chi connectivity index (χ1) is 9.20. The van der Waals surface area contributed by atoms with E-state index in [-0.39, 0.29) is 0 Å². The van der Waals surface area contributed by atoms with Crippen molar-refractivity contribution in [2.24, 2.45) is 0 Å². The van der Waals surface area contributed by atoms with Gasteiger partial charge >= 0.3 is 0 Å². The molecule has 102 valence electrons. The Morgan fingerprint density at radius 1 is 1.37 bits per heavy atom. The van der Waals surface area contributed by atoms with E-state index in [1.54, 1.807) is 11.3 Å². The Kier molecular flexibility index (Phi) is 5.37. The van der Waals surface area contributed by atoms with Crippen molar-refractivity contribution in [2.45, 2.75) is 26.2 Å². The van der Waals surface area contributed by atoms with Gasteiger partial charge in [0.25, 0.3) is 0 Å². The Bertz CT molecular complexity index is 524. The van der Waals surface area contributed by atoms with Gasteiger partial charge in [0.2, 0.25) is 0 Å². The largest absolute Gasteiger partial charge is 0.316 e. The average molecular weight is 295 g/mol. The van der Waals surface area contributed by atoms with E-state index in [1.165, 1.54) is 10.6 Å². The molecule has 1 aromatic heterocycles. The number of benzene rings is 1. The summed E-state index contributed by atoms with van der Waals surface area (Å²) < 4.78 is 0. The molecule has 0 saturated heterocycles. The van der Waals surface area contributed by atoms with Crippen molar-refractivity contribution in [3.05, 3.63) is 50.9 Å². The molecule has 0 fully saturated rings. The summed E-state index contributed by atoms with van der Waals surface area (Å²) in [5.41, 5.74) is 2.30. The van der Waals surface area contributed by atoms with Crippen molar-refractivity contribution in [1.82, 2.24) is 10.3 Å². The number of hydrogen-bond acceptors (Lipinski definition) is 3. The summed E-state index contributed by atoms with van der Waals surface area (Å²) in [6.45, 7) is 6.06. The molecule has 1 heterocycles. The lowest BCUT2D eigenvalue weighted by molar-refractivity contribution is 0.593. The van der Waals surface area contributed by atoms with Crippen molar-refractivity contribution in [1.29, 1.82) is 0 Å². The van der Waals surface area contributed by atoms with Crippen molar-refractivity contribution < 1.29 is 0 Å². The molecule has 1 atom stereocenters. The van der Waals surface area contributed by atoms with Crippen LogP contribution >= 0.6 is 22.9 Å². The molecule has 4 heteroatoms. The lowest BCUT2D eigenvalue weighted by Gasteiger charge is -2.18. The van der Waals surface area contributed by atoms with Crippen molar-refractivity contribution >= 4 is 22.9 Å². The molecular weight excluding hydrogens is 276 g/mol. The quantitative estimate of drug-likeness (QED) is 0.870. The van der Waals surface area contributed by atoms with E-state index in [4.69, 9.17) is 11.6 Å². The second-order valence-corrected chi connectivity index (χ2v) is 5.96. The lowest BCUT2D eigenvalue weighted by Crippen LogP contribution is -2.22. The van der Waals surface area contributed by atoms with Gasteiger partial charge in [0.15, 0.2) is 0 Å². The minimum atomic E-state index is 0.374. The third-order valence-electron chi connectivity index (χ3n) is 3.07. The molecule has 0 aliphatic rings. The van der Waals surface area contributed by atoms with Gasteiger partial charge in [0, 0.05) is 35.0 Å². The number of halogens is 1. The fraction of sp³-hybridized carbons (Fsp3) is 0.400. The van der Waals surface area contributed by atoms with Crippen LogP contribution in [-0.4, -0.2) is 18.1 Å². The van der Waals surface area contributed by atoms with Gasteiger partial charge < -0.3 is 5.32 Å². The third kappa shape index (κ3) is 4.03. The molecular formula is C15H19ClN2S. The molecule has 2 nitrogen and oxygen atoms in total. The van der Waals surface area contributed by atoms with Crippen LogP contribution < -0.4 is 5.32 Å². The van der Waals surface area contributed by atoms with Gasteiger partial charge in [0.05, 0.1) is 5.01 Å². The van der Waals surface area contributed by atoms with E-state index in [0.717, 1.165) is 30.2 Å². The SMILES string of the molecule is CCNCC(Cc1nc(C)cs1)c1ccccc1Cl. The van der Waals surface area contributed by atoms with Gasteiger partial charge in [-0.3, -0.25) is 0 Å². The number of aryl methyl sites for hydroxylation is 1. The van der Waals surface area contributed by atoms with E-state index in [2.05, 4.69) is 28.7 Å². The summed E-state index contributed by atoms with van der Waals surface area (Å²) in [6, 6.07) is 8.10. The summed E-state index contributed by atoms with van der Waals surface area (Å²) in [6.07, 6.45) is 0.940. The van der Waals surface area contributed by atoms with Crippen LogP contribution in [0.3, 0.4) is 0 Å². The average Bonchev–Trinajstić information content (AvgIpc) is 2.81. The predicted octanol–water partition coefficient (Wildman–Crippen LogP) is 4.04. The maximum atomic E-state index is 6.32. The van der Waals surface area contributed by atoms with Crippen LogP contribution in [0.4, 0.5) is 0 Å². The number of thiazole rings is 1. The van der Waals surface area contributed by atoms with E-state index in [0.29, 0.717) is 5.92 Å². The molecule has 1 aromatic carbocycles. The molecule has 0 aliphatic carbocycles. The zero-order chi connectivity index (χ0) is 13.7. The van der Waals surface area contributed by atoms with Gasteiger partial charge in [-0.1, -0.05) is 36.7 Å². The van der Waals surface area contributed by atoms with Crippen LogP contribution in [-0.2, 0) is 6.42 Å². The van der Waals surface area contributed by atoms with E-state index < -0.39 is 0 Å². The Hall–Kier alpha value is -0.900. The summed E-state index contributed by atoms with van der Waals surface area (Å²) in [5, 5.41) is 7.55. The standard InChI is InChI=1S/C15H19ClN2S/c1-3-17-9-12(8-15-18-11(2)10-19-15)13-6-4-5-7-14(13)16/h4-7,10,12,17H,3,8-9H2,1-2H3. The minimum absolute atomic E-state index is 0.374. The Balaban J connectivity index is 2.18. The minimum Gasteiger partial charge on any atom is -0.316 e. The highest BCUT2D eigenvalue weighted by molar-refractivity contribution is 7.09. The molecule has 0 aliphatic heterocycles. The van der Waals surface area contributed by atoms with Crippen molar-refractivity contribution in [3.8, 4) is 0 Å². The topological polar surface area (TPSA) is 24.9 Å². The number of aromatic nitrogens is 1. The molecule has 19 heavy (non-hydrogen) atoms. The molecule has 0 radical (unpaired) electrons. The van der Waals surface area contributed by atoms with E-state index in [1.807, 2.05) is 25.1 Å². The predicted molar refractivity (Wildman–Crippen MR) is 83.3 cm³/mol. The van der Waals surface area contributed by atoms with Gasteiger partial charge in [-0.05, 0) is 25.1 Å². The zero-order valence-corrected chi connectivity index (χ0v) is 12.9. The molecule has 0 bridgehead atoms. The second-order valence-electron chi connectivity index (χ2n) is 4.61. The number of nitrogens with zero attached hydrogens (tertiary/aromatic N) is 1. The Morgan fingerprint density at radius 2 is 2.16 bits per heavy atom. The zero-order valence-electron chi connectivity index (χ0n) is 11.3. The van der Waals surface area contributed by atoms with Crippen molar-refractivity contribution in [2.75, 3.05) is 13.1 Å². The fourth-order valence-electron chi connectivity index (χ4n) is 2.12. The highest BCUT2D eigenvalue weighted by Crippen LogP contribution is 2.28. The smallest absolute Gasteiger partial charge is 0.0934 e. The lowest BCUT2D eigenvalue weighted by atomic mass is 9.95. The van der Waals surface area contributed by atoms with E-state index >= 15 is 0 Å². The van der Waals surface area contributed by atoms with Crippen LogP contribution in [0.25, 0.3) is 0 Å². The molecule has 0 amide bonds. The first kappa shape index (κ1) is 14.5. The van der Waals surface area contributed by atoms with Crippen LogP contribution in [0.15, 0.2) is 29.6 Å². The highest BCUT2D eigenvalue weighted by atomic mass is 35.5. The van der Waals surface area contributed by atoms with Gasteiger partial charge in [-0.2, -0.15) is 0 Å². The van der Waals surface area contributed by atoms with E-state index in [9.17, 15) is 0 Å². The second kappa shape index (κ2) is 7.04. The summed E-state index contributed by atoms with van der Waals surface area (Å²) >= 11 is 8.05. The molecule has 1 unspecified atom stereocenters. The number of rotatable bonds is 6. The molecule has 2 aromatic rings. The van der Waals surface area contributed by atoms with Crippen LogP contribution in [0.2, 0.25) is 5.02 Å². The number of hydrogen-bond donors (Lipinski definition) is 1. The summed E-state index contributed by atoms with van der Waals surface area (Å²) in [7, 11) is 0. The maximum absolute atomic E-state index is 6.32. The first-order valence-corrected chi connectivity index (χ1v) is 7.82. The van der Waals surface area contributed by atoms with Gasteiger partial charge in [-0.15, -0.1) is 11.3 Å². The third-order valence-corrected chi connectivity index (χ3v) is 4.41. The monoisotopic (exact) mass is 294 g/mol. The molecule has 1 N–H and O–H groups in total. The van der Waals surface area contributed by atoms with Crippen LogP contribution in [0.5, 0.6) is 0 Å². The van der Waals surface area contributed by atoms with Crippen LogP contribution in [0.1, 0.15) is 29.1 Å². The number of nitrogens with one attached hydrogen (secondary N) is 1. The summed E-state index contributed by atoms with van der Waals surface area (Å²) in [5.74, 6) is 0.374. The van der Waals surface area contributed by atoms with Gasteiger partial charge in [0.1, 0.15) is 0 Å². The molecule has 0 spiro atoms. The normalized spacial score (nSPS) is 12.6. The first-order valence-electron chi connectivity index (χ1n) is 6.56. The Morgan fingerprint density at radius 3 is 2.79 bits per heavy atom. The van der Waals surface area contributed by atoms with Gasteiger partial charge in [-0.25, -0.2) is 4.98 Å². The number of likely N-dealkylation sites (N-methyl/N-ethyl adjacent to an activating group) is 1. The highest BCUT2D eigenvalue weighted by Gasteiger charge is 2.16.